The fourth-order valence-electron chi connectivity index (χ4n) is 1.42. The number of carbonyl (C=O) groups excluding carboxylic acids is 1. The van der Waals surface area contributed by atoms with Gasteiger partial charge in [0.1, 0.15) is 5.82 Å². The molecule has 0 unspecified atom stereocenters. The molecule has 1 heterocycles. The van der Waals surface area contributed by atoms with Crippen LogP contribution in [0.25, 0.3) is 0 Å². The minimum Gasteiger partial charge on any atom is -0.308 e. The van der Waals surface area contributed by atoms with E-state index in [9.17, 15) is 4.79 Å². The maximum Gasteiger partial charge on any atom is 0.324 e. The van der Waals surface area contributed by atoms with Crippen LogP contribution in [0.15, 0.2) is 42.6 Å². The normalized spacial score (nSPS) is 9.89. The number of rotatable bonds is 2. The third-order valence-electron chi connectivity index (χ3n) is 2.26. The smallest absolute Gasteiger partial charge is 0.308 e. The monoisotopic (exact) mass is 261 g/mol. The number of nitrogens with one attached hydrogen (secondary N) is 2. The number of anilines is 2. The van der Waals surface area contributed by atoms with Gasteiger partial charge >= 0.3 is 6.03 Å². The molecule has 0 bridgehead atoms. The molecule has 0 aliphatic carbocycles. The van der Waals surface area contributed by atoms with Crippen molar-refractivity contribution in [3.05, 3.63) is 53.2 Å². The van der Waals surface area contributed by atoms with Crippen LogP contribution >= 0.6 is 11.6 Å². The average molecular weight is 262 g/mol. The van der Waals surface area contributed by atoms with Crippen LogP contribution in [-0.4, -0.2) is 11.0 Å². The summed E-state index contributed by atoms with van der Waals surface area (Å²) in [5, 5.41) is 5.97. The number of benzene rings is 1. The summed E-state index contributed by atoms with van der Waals surface area (Å²) >= 11 is 5.76. The van der Waals surface area contributed by atoms with E-state index in [-0.39, 0.29) is 6.03 Å². The van der Waals surface area contributed by atoms with Crippen LogP contribution in [0, 0.1) is 6.92 Å². The van der Waals surface area contributed by atoms with Crippen LogP contribution in [0.2, 0.25) is 5.02 Å². The van der Waals surface area contributed by atoms with Crippen LogP contribution in [0.5, 0.6) is 0 Å². The summed E-state index contributed by atoms with van der Waals surface area (Å²) in [5.41, 5.74) is 1.70. The molecule has 0 aliphatic rings. The second kappa shape index (κ2) is 5.51. The molecule has 0 fully saturated rings. The Morgan fingerprint density at radius 3 is 2.56 bits per heavy atom. The highest BCUT2D eigenvalue weighted by atomic mass is 35.5. The third-order valence-corrected chi connectivity index (χ3v) is 2.51. The molecule has 0 spiro atoms. The molecule has 0 radical (unpaired) electrons. The van der Waals surface area contributed by atoms with E-state index >= 15 is 0 Å². The van der Waals surface area contributed by atoms with Gasteiger partial charge in [0.05, 0.1) is 0 Å². The number of aromatic nitrogens is 1. The number of halogens is 1. The lowest BCUT2D eigenvalue weighted by Crippen LogP contribution is -2.20. The largest absolute Gasteiger partial charge is 0.324 e. The molecule has 0 aliphatic heterocycles. The zero-order valence-electron chi connectivity index (χ0n) is 9.77. The van der Waals surface area contributed by atoms with E-state index in [0.29, 0.717) is 16.5 Å². The number of amides is 2. The molecule has 2 N–H and O–H groups in total. The first kappa shape index (κ1) is 12.4. The number of aryl methyl sites for hydroxylation is 1. The molecular formula is C13H12ClN3O. The Labute approximate surface area is 110 Å². The van der Waals surface area contributed by atoms with Crippen molar-refractivity contribution in [2.75, 3.05) is 10.6 Å². The Hall–Kier alpha value is -2.07. The number of carbonyl (C=O) groups is 1. The van der Waals surface area contributed by atoms with Crippen molar-refractivity contribution in [1.29, 1.82) is 0 Å². The van der Waals surface area contributed by atoms with Crippen molar-refractivity contribution in [2.24, 2.45) is 0 Å². The molecule has 92 valence electrons. The van der Waals surface area contributed by atoms with Gasteiger partial charge in [-0.05, 0) is 48.9 Å². The molecule has 0 saturated carbocycles. The second-order valence-corrected chi connectivity index (χ2v) is 4.24. The number of nitrogens with zero attached hydrogens (tertiary/aromatic N) is 1. The second-order valence-electron chi connectivity index (χ2n) is 3.80. The molecule has 2 amide bonds. The lowest BCUT2D eigenvalue weighted by atomic mass is 10.3. The highest BCUT2D eigenvalue weighted by Crippen LogP contribution is 2.13. The molecule has 0 atom stereocenters. The first-order valence-corrected chi connectivity index (χ1v) is 5.77. The van der Waals surface area contributed by atoms with Gasteiger partial charge in [0, 0.05) is 16.9 Å². The van der Waals surface area contributed by atoms with Crippen LogP contribution < -0.4 is 10.6 Å². The van der Waals surface area contributed by atoms with Gasteiger partial charge in [0.25, 0.3) is 0 Å². The van der Waals surface area contributed by atoms with Gasteiger partial charge < -0.3 is 5.32 Å². The zero-order valence-corrected chi connectivity index (χ0v) is 10.5. The van der Waals surface area contributed by atoms with Gasteiger partial charge in [-0.3, -0.25) is 5.32 Å². The summed E-state index contributed by atoms with van der Waals surface area (Å²) in [6.45, 7) is 1.93. The quantitative estimate of drug-likeness (QED) is 0.866. The van der Waals surface area contributed by atoms with Gasteiger partial charge in [-0.25, -0.2) is 9.78 Å². The fourth-order valence-corrected chi connectivity index (χ4v) is 1.54. The van der Waals surface area contributed by atoms with E-state index in [0.717, 1.165) is 5.56 Å². The summed E-state index contributed by atoms with van der Waals surface area (Å²) in [6, 6.07) is 10.2. The molecule has 5 heteroatoms. The molecule has 1 aromatic heterocycles. The van der Waals surface area contributed by atoms with Crippen molar-refractivity contribution in [1.82, 2.24) is 4.98 Å². The van der Waals surface area contributed by atoms with Gasteiger partial charge in [0.15, 0.2) is 0 Å². The van der Waals surface area contributed by atoms with Gasteiger partial charge in [-0.15, -0.1) is 0 Å². The number of pyridine rings is 1. The maximum absolute atomic E-state index is 11.7. The summed E-state index contributed by atoms with van der Waals surface area (Å²) in [6.07, 6.45) is 1.65. The predicted octanol–water partition coefficient (Wildman–Crippen LogP) is 3.69. The molecule has 2 rings (SSSR count). The highest BCUT2D eigenvalue weighted by Gasteiger charge is 2.03. The van der Waals surface area contributed by atoms with Crippen LogP contribution in [0.4, 0.5) is 16.3 Å². The Morgan fingerprint density at radius 1 is 1.17 bits per heavy atom. The number of hydrogen-bond acceptors (Lipinski definition) is 2. The van der Waals surface area contributed by atoms with Crippen LogP contribution in [0.1, 0.15) is 5.56 Å². The Balaban J connectivity index is 1.98. The first-order chi connectivity index (χ1) is 8.63. The summed E-state index contributed by atoms with van der Waals surface area (Å²) in [4.78, 5) is 15.7. The van der Waals surface area contributed by atoms with Crippen molar-refractivity contribution in [2.45, 2.75) is 6.92 Å². The lowest BCUT2D eigenvalue weighted by Gasteiger charge is -2.07. The number of urea groups is 1. The zero-order chi connectivity index (χ0) is 13.0. The van der Waals surface area contributed by atoms with E-state index in [1.165, 1.54) is 0 Å². The van der Waals surface area contributed by atoms with Crippen molar-refractivity contribution >= 4 is 29.1 Å². The number of hydrogen-bond donors (Lipinski definition) is 2. The third kappa shape index (κ3) is 3.46. The predicted molar refractivity (Wildman–Crippen MR) is 73.1 cm³/mol. The lowest BCUT2D eigenvalue weighted by molar-refractivity contribution is 0.262. The van der Waals surface area contributed by atoms with Crippen molar-refractivity contribution in [3.63, 3.8) is 0 Å². The van der Waals surface area contributed by atoms with Gasteiger partial charge in [0.2, 0.25) is 0 Å². The molecule has 1 aromatic carbocycles. The summed E-state index contributed by atoms with van der Waals surface area (Å²) in [5.74, 6) is 0.515. The van der Waals surface area contributed by atoms with Gasteiger partial charge in [-0.2, -0.15) is 0 Å². The van der Waals surface area contributed by atoms with Crippen molar-refractivity contribution in [3.8, 4) is 0 Å². The SMILES string of the molecule is Cc1ccnc(NC(=O)Nc2ccc(Cl)cc2)c1. The summed E-state index contributed by atoms with van der Waals surface area (Å²) < 4.78 is 0. The van der Waals surface area contributed by atoms with E-state index in [2.05, 4.69) is 15.6 Å². The highest BCUT2D eigenvalue weighted by molar-refractivity contribution is 6.30. The van der Waals surface area contributed by atoms with Gasteiger partial charge in [-0.1, -0.05) is 11.6 Å². The molecule has 2 aromatic rings. The molecular weight excluding hydrogens is 250 g/mol. The molecule has 4 nitrogen and oxygen atoms in total. The van der Waals surface area contributed by atoms with Crippen LogP contribution in [-0.2, 0) is 0 Å². The Morgan fingerprint density at radius 2 is 1.89 bits per heavy atom. The Kier molecular flexibility index (Phi) is 3.79. The minimum atomic E-state index is -0.338. The van der Waals surface area contributed by atoms with Crippen molar-refractivity contribution < 1.29 is 4.79 Å². The van der Waals surface area contributed by atoms with Crippen LogP contribution in [0.3, 0.4) is 0 Å². The first-order valence-electron chi connectivity index (χ1n) is 5.40. The standard InChI is InChI=1S/C13H12ClN3O/c1-9-6-7-15-12(8-9)17-13(18)16-11-4-2-10(14)3-5-11/h2-8H,1H3,(H2,15,16,17,18). The van der Waals surface area contributed by atoms with E-state index in [1.54, 1.807) is 36.5 Å². The van der Waals surface area contributed by atoms with E-state index < -0.39 is 0 Å². The van der Waals surface area contributed by atoms with E-state index in [4.69, 9.17) is 11.6 Å². The summed E-state index contributed by atoms with van der Waals surface area (Å²) in [7, 11) is 0. The molecule has 0 saturated heterocycles. The van der Waals surface area contributed by atoms with E-state index in [1.807, 2.05) is 13.0 Å². The molecule has 18 heavy (non-hydrogen) atoms. The topological polar surface area (TPSA) is 54.0 Å². The fraction of sp³-hybridized carbons (Fsp3) is 0.0769. The minimum absolute atomic E-state index is 0.338. The average Bonchev–Trinajstić information content (AvgIpc) is 2.32. The Bertz CT molecular complexity index is 554. The maximum atomic E-state index is 11.7.